The van der Waals surface area contributed by atoms with Gasteiger partial charge in [-0.1, -0.05) is 0 Å². The van der Waals surface area contributed by atoms with Gasteiger partial charge in [-0.05, 0) is 51.1 Å². The maximum Gasteiger partial charge on any atom is 0.157 e. The molecule has 3 nitrogen and oxygen atoms in total. The quantitative estimate of drug-likeness (QED) is 0.747. The zero-order valence-electron chi connectivity index (χ0n) is 8.84. The Morgan fingerprint density at radius 1 is 1.14 bits per heavy atom. The van der Waals surface area contributed by atoms with Gasteiger partial charge in [-0.3, -0.25) is 0 Å². The Labute approximate surface area is 86.2 Å². The average Bonchev–Trinajstić information content (AvgIpc) is 2.29. The van der Waals surface area contributed by atoms with Gasteiger partial charge in [0.15, 0.2) is 6.29 Å². The normalized spacial score (nSPS) is 30.4. The van der Waals surface area contributed by atoms with Gasteiger partial charge in [0.25, 0.3) is 0 Å². The maximum atomic E-state index is 5.77. The number of rotatable bonds is 3. The third-order valence-electron chi connectivity index (χ3n) is 3.11. The molecule has 0 radical (unpaired) electrons. The summed E-state index contributed by atoms with van der Waals surface area (Å²) in [4.78, 5) is 0. The van der Waals surface area contributed by atoms with Crippen LogP contribution in [-0.2, 0) is 9.47 Å². The molecule has 1 N–H and O–H groups in total. The number of ether oxygens (including phenoxy) is 2. The van der Waals surface area contributed by atoms with E-state index >= 15 is 0 Å². The second kappa shape index (κ2) is 5.69. The van der Waals surface area contributed by atoms with Crippen LogP contribution >= 0.6 is 0 Å². The molecular formula is C11H21NO2. The molecule has 2 rings (SSSR count). The summed E-state index contributed by atoms with van der Waals surface area (Å²) in [5.74, 6) is 0.752. The Morgan fingerprint density at radius 3 is 2.71 bits per heavy atom. The third-order valence-corrected chi connectivity index (χ3v) is 3.11. The largest absolute Gasteiger partial charge is 0.353 e. The van der Waals surface area contributed by atoms with Crippen LogP contribution in [0.4, 0.5) is 0 Å². The van der Waals surface area contributed by atoms with E-state index in [4.69, 9.17) is 9.47 Å². The summed E-state index contributed by atoms with van der Waals surface area (Å²) >= 11 is 0. The molecule has 2 fully saturated rings. The smallest absolute Gasteiger partial charge is 0.157 e. The molecule has 82 valence electrons. The minimum absolute atomic E-state index is 0.0960. The van der Waals surface area contributed by atoms with Crippen molar-refractivity contribution in [3.63, 3.8) is 0 Å². The summed E-state index contributed by atoms with van der Waals surface area (Å²) in [6.07, 6.45) is 6.16. The molecule has 0 aromatic carbocycles. The van der Waals surface area contributed by atoms with E-state index < -0.39 is 0 Å². The molecule has 2 saturated heterocycles. The van der Waals surface area contributed by atoms with E-state index in [9.17, 15) is 0 Å². The highest BCUT2D eigenvalue weighted by atomic mass is 16.7. The van der Waals surface area contributed by atoms with Gasteiger partial charge in [-0.25, -0.2) is 0 Å². The number of piperidine rings is 1. The Bertz CT molecular complexity index is 133. The standard InChI is InChI=1S/C11H21NO2/c1-2-8-13-11(3-1)14-9-10-4-6-12-7-5-10/h10-12H,1-9H2. The molecule has 2 aliphatic rings. The summed E-state index contributed by atoms with van der Waals surface area (Å²) in [6.45, 7) is 4.09. The fourth-order valence-corrected chi connectivity index (χ4v) is 2.13. The first-order chi connectivity index (χ1) is 6.95. The zero-order chi connectivity index (χ0) is 9.64. The van der Waals surface area contributed by atoms with Crippen molar-refractivity contribution in [3.8, 4) is 0 Å². The Hall–Kier alpha value is -0.120. The van der Waals surface area contributed by atoms with Crippen LogP contribution in [0.3, 0.4) is 0 Å². The molecule has 0 aliphatic carbocycles. The Balaban J connectivity index is 1.60. The summed E-state index contributed by atoms with van der Waals surface area (Å²) in [5, 5.41) is 3.37. The van der Waals surface area contributed by atoms with Crippen molar-refractivity contribution in [2.75, 3.05) is 26.3 Å². The molecular weight excluding hydrogens is 178 g/mol. The SMILES string of the molecule is C1CCC(OCC2CCNCC2)OC1. The Morgan fingerprint density at radius 2 is 2.00 bits per heavy atom. The number of nitrogens with one attached hydrogen (secondary N) is 1. The molecule has 0 spiro atoms. The fraction of sp³-hybridized carbons (Fsp3) is 1.00. The molecule has 2 heterocycles. The van der Waals surface area contributed by atoms with Gasteiger partial charge in [0.2, 0.25) is 0 Å². The lowest BCUT2D eigenvalue weighted by molar-refractivity contribution is -0.170. The van der Waals surface area contributed by atoms with Crippen LogP contribution in [0.15, 0.2) is 0 Å². The fourth-order valence-electron chi connectivity index (χ4n) is 2.13. The molecule has 3 heteroatoms. The van der Waals surface area contributed by atoms with E-state index in [0.29, 0.717) is 0 Å². The van der Waals surface area contributed by atoms with Crippen LogP contribution < -0.4 is 5.32 Å². The van der Waals surface area contributed by atoms with E-state index in [-0.39, 0.29) is 6.29 Å². The highest BCUT2D eigenvalue weighted by molar-refractivity contribution is 4.68. The van der Waals surface area contributed by atoms with Crippen LogP contribution in [0.5, 0.6) is 0 Å². The van der Waals surface area contributed by atoms with Crippen molar-refractivity contribution < 1.29 is 9.47 Å². The first kappa shape index (κ1) is 10.4. The van der Waals surface area contributed by atoms with Crippen LogP contribution in [0.1, 0.15) is 32.1 Å². The lowest BCUT2D eigenvalue weighted by Gasteiger charge is -2.27. The van der Waals surface area contributed by atoms with Crippen LogP contribution in [-0.4, -0.2) is 32.6 Å². The lowest BCUT2D eigenvalue weighted by Crippen LogP contribution is -2.32. The minimum atomic E-state index is 0.0960. The molecule has 0 saturated carbocycles. The minimum Gasteiger partial charge on any atom is -0.353 e. The topological polar surface area (TPSA) is 30.5 Å². The summed E-state index contributed by atoms with van der Waals surface area (Å²) in [5.41, 5.74) is 0. The van der Waals surface area contributed by atoms with Crippen molar-refractivity contribution in [1.82, 2.24) is 5.32 Å². The molecule has 2 aliphatic heterocycles. The van der Waals surface area contributed by atoms with Gasteiger partial charge in [0.1, 0.15) is 0 Å². The van der Waals surface area contributed by atoms with Crippen LogP contribution in [0, 0.1) is 5.92 Å². The molecule has 0 aromatic heterocycles. The van der Waals surface area contributed by atoms with E-state index in [1.165, 1.54) is 25.7 Å². The first-order valence-electron chi connectivity index (χ1n) is 5.89. The third kappa shape index (κ3) is 3.23. The highest BCUT2D eigenvalue weighted by Crippen LogP contribution is 2.17. The molecule has 1 unspecified atom stereocenters. The molecule has 1 atom stereocenters. The molecule has 0 bridgehead atoms. The van der Waals surface area contributed by atoms with Crippen molar-refractivity contribution in [2.24, 2.45) is 5.92 Å². The van der Waals surface area contributed by atoms with Crippen molar-refractivity contribution in [3.05, 3.63) is 0 Å². The number of hydrogen-bond donors (Lipinski definition) is 1. The van der Waals surface area contributed by atoms with Crippen molar-refractivity contribution in [1.29, 1.82) is 0 Å². The molecule has 0 amide bonds. The second-order valence-electron chi connectivity index (χ2n) is 4.32. The predicted molar refractivity (Wildman–Crippen MR) is 55.1 cm³/mol. The number of hydrogen-bond acceptors (Lipinski definition) is 3. The van der Waals surface area contributed by atoms with Crippen molar-refractivity contribution in [2.45, 2.75) is 38.4 Å². The second-order valence-corrected chi connectivity index (χ2v) is 4.32. The van der Waals surface area contributed by atoms with E-state index in [1.807, 2.05) is 0 Å². The summed E-state index contributed by atoms with van der Waals surface area (Å²) in [6, 6.07) is 0. The van der Waals surface area contributed by atoms with Gasteiger partial charge < -0.3 is 14.8 Å². The van der Waals surface area contributed by atoms with Gasteiger partial charge in [-0.15, -0.1) is 0 Å². The van der Waals surface area contributed by atoms with Gasteiger partial charge in [0.05, 0.1) is 6.61 Å². The summed E-state index contributed by atoms with van der Waals surface area (Å²) < 4.78 is 11.3. The summed E-state index contributed by atoms with van der Waals surface area (Å²) in [7, 11) is 0. The maximum absolute atomic E-state index is 5.77. The predicted octanol–water partition coefficient (Wildman–Crippen LogP) is 1.53. The monoisotopic (exact) mass is 199 g/mol. The van der Waals surface area contributed by atoms with E-state index in [2.05, 4.69) is 5.32 Å². The molecule has 14 heavy (non-hydrogen) atoms. The van der Waals surface area contributed by atoms with Gasteiger partial charge in [0, 0.05) is 6.61 Å². The van der Waals surface area contributed by atoms with Crippen molar-refractivity contribution >= 4 is 0 Å². The zero-order valence-corrected chi connectivity index (χ0v) is 8.84. The Kier molecular flexibility index (Phi) is 4.22. The molecule has 0 aromatic rings. The van der Waals surface area contributed by atoms with Gasteiger partial charge >= 0.3 is 0 Å². The van der Waals surface area contributed by atoms with Crippen LogP contribution in [0.2, 0.25) is 0 Å². The average molecular weight is 199 g/mol. The van der Waals surface area contributed by atoms with Gasteiger partial charge in [-0.2, -0.15) is 0 Å². The van der Waals surface area contributed by atoms with Crippen LogP contribution in [0.25, 0.3) is 0 Å². The van der Waals surface area contributed by atoms with E-state index in [1.54, 1.807) is 0 Å². The highest BCUT2D eigenvalue weighted by Gasteiger charge is 2.18. The first-order valence-corrected chi connectivity index (χ1v) is 5.89. The van der Waals surface area contributed by atoms with E-state index in [0.717, 1.165) is 38.6 Å². The lowest BCUT2D eigenvalue weighted by atomic mass is 9.99.